The number of anilines is 1. The van der Waals surface area contributed by atoms with Crippen LogP contribution in [0.3, 0.4) is 0 Å². The molecule has 2 aromatic carbocycles. The quantitative estimate of drug-likeness (QED) is 0.446. The van der Waals surface area contributed by atoms with Gasteiger partial charge >= 0.3 is 5.97 Å². The van der Waals surface area contributed by atoms with E-state index in [1.165, 1.54) is 13.3 Å². The molecule has 0 radical (unpaired) electrons. The summed E-state index contributed by atoms with van der Waals surface area (Å²) < 4.78 is 10.0. The van der Waals surface area contributed by atoms with Crippen molar-refractivity contribution in [2.45, 2.75) is 6.92 Å². The lowest BCUT2D eigenvalue weighted by atomic mass is 10.2. The van der Waals surface area contributed by atoms with Crippen LogP contribution in [-0.4, -0.2) is 38.4 Å². The first-order chi connectivity index (χ1) is 12.6. The molecule has 1 amide bonds. The van der Waals surface area contributed by atoms with E-state index >= 15 is 0 Å². The van der Waals surface area contributed by atoms with E-state index in [0.29, 0.717) is 12.3 Å². The Bertz CT molecular complexity index is 772. The van der Waals surface area contributed by atoms with Crippen LogP contribution >= 0.6 is 0 Å². The van der Waals surface area contributed by atoms with Gasteiger partial charge in [-0.2, -0.15) is 0 Å². The Labute approximate surface area is 151 Å². The summed E-state index contributed by atoms with van der Waals surface area (Å²) in [6, 6.07) is 13.8. The predicted molar refractivity (Wildman–Crippen MR) is 97.6 cm³/mol. The predicted octanol–water partition coefficient (Wildman–Crippen LogP) is 2.86. The molecule has 0 heterocycles. The van der Waals surface area contributed by atoms with E-state index < -0.39 is 11.9 Å². The van der Waals surface area contributed by atoms with Crippen LogP contribution in [0.2, 0.25) is 0 Å². The maximum Gasteiger partial charge on any atom is 0.339 e. The van der Waals surface area contributed by atoms with Crippen LogP contribution in [0, 0.1) is 0 Å². The minimum atomic E-state index is -0.532. The topological polar surface area (TPSA) is 86.2 Å². The molecule has 0 fully saturated rings. The van der Waals surface area contributed by atoms with Gasteiger partial charge < -0.3 is 19.6 Å². The minimum absolute atomic E-state index is 0.265. The number of rotatable bonds is 8. The average Bonchev–Trinajstić information content (AvgIpc) is 2.66. The highest BCUT2D eigenvalue weighted by atomic mass is 16.6. The number of oxime groups is 1. The summed E-state index contributed by atoms with van der Waals surface area (Å²) in [4.78, 5) is 28.6. The lowest BCUT2D eigenvalue weighted by Gasteiger charge is -2.08. The number of ether oxygens (including phenoxy) is 2. The summed E-state index contributed by atoms with van der Waals surface area (Å²) in [6.07, 6.45) is 1.49. The van der Waals surface area contributed by atoms with E-state index in [4.69, 9.17) is 9.57 Å². The molecule has 7 nitrogen and oxygen atoms in total. The van der Waals surface area contributed by atoms with E-state index in [9.17, 15) is 9.59 Å². The first-order valence-electron chi connectivity index (χ1n) is 7.99. The van der Waals surface area contributed by atoms with E-state index in [-0.39, 0.29) is 12.2 Å². The molecule has 136 valence electrons. The molecule has 0 atom stereocenters. The smallest absolute Gasteiger partial charge is 0.339 e. The van der Waals surface area contributed by atoms with Crippen molar-refractivity contribution in [3.8, 4) is 5.75 Å². The van der Waals surface area contributed by atoms with Crippen molar-refractivity contribution in [2.75, 3.05) is 25.6 Å². The number of methoxy groups -OCH3 is 1. The van der Waals surface area contributed by atoms with Crippen LogP contribution in [0.1, 0.15) is 22.8 Å². The number of esters is 1. The molecule has 2 rings (SSSR count). The van der Waals surface area contributed by atoms with Crippen molar-refractivity contribution in [3.63, 3.8) is 0 Å². The van der Waals surface area contributed by atoms with Crippen molar-refractivity contribution in [1.29, 1.82) is 0 Å². The summed E-state index contributed by atoms with van der Waals surface area (Å²) in [5.74, 6) is -0.199. The van der Waals surface area contributed by atoms with Crippen molar-refractivity contribution < 1.29 is 23.9 Å². The van der Waals surface area contributed by atoms with Crippen LogP contribution in [0.5, 0.6) is 5.75 Å². The second kappa shape index (κ2) is 9.83. The SMILES string of the molecule is CCOc1ccc(/C=N\OCC(=O)Nc2ccccc2C(=O)OC)cc1. The number of benzene rings is 2. The van der Waals surface area contributed by atoms with E-state index in [2.05, 4.69) is 15.2 Å². The molecule has 1 N–H and O–H groups in total. The van der Waals surface area contributed by atoms with Crippen LogP contribution in [-0.2, 0) is 14.4 Å². The Kier molecular flexibility index (Phi) is 7.17. The fourth-order valence-electron chi connectivity index (χ4n) is 2.08. The number of nitrogens with zero attached hydrogens (tertiary/aromatic N) is 1. The number of hydrogen-bond acceptors (Lipinski definition) is 6. The van der Waals surface area contributed by atoms with Gasteiger partial charge in [-0.3, -0.25) is 4.79 Å². The Hall–Kier alpha value is -3.35. The van der Waals surface area contributed by atoms with Gasteiger partial charge in [0, 0.05) is 0 Å². The summed E-state index contributed by atoms with van der Waals surface area (Å²) >= 11 is 0. The lowest BCUT2D eigenvalue weighted by molar-refractivity contribution is -0.120. The van der Waals surface area contributed by atoms with E-state index in [0.717, 1.165) is 11.3 Å². The summed E-state index contributed by atoms with van der Waals surface area (Å²) in [6.45, 7) is 2.23. The van der Waals surface area contributed by atoms with Crippen molar-refractivity contribution >= 4 is 23.8 Å². The van der Waals surface area contributed by atoms with Crippen LogP contribution < -0.4 is 10.1 Å². The first-order valence-corrected chi connectivity index (χ1v) is 7.99. The maximum absolute atomic E-state index is 11.9. The number of nitrogens with one attached hydrogen (secondary N) is 1. The Morgan fingerprint density at radius 3 is 2.54 bits per heavy atom. The zero-order chi connectivity index (χ0) is 18.8. The van der Waals surface area contributed by atoms with Crippen LogP contribution in [0.4, 0.5) is 5.69 Å². The molecule has 7 heteroatoms. The monoisotopic (exact) mass is 356 g/mol. The minimum Gasteiger partial charge on any atom is -0.494 e. The van der Waals surface area contributed by atoms with Gasteiger partial charge in [0.05, 0.1) is 31.2 Å². The zero-order valence-electron chi connectivity index (χ0n) is 14.6. The summed E-state index contributed by atoms with van der Waals surface area (Å²) in [5.41, 5.74) is 1.43. The average molecular weight is 356 g/mol. The molecule has 0 aliphatic heterocycles. The molecule has 0 unspecified atom stereocenters. The second-order valence-electron chi connectivity index (χ2n) is 5.10. The molecule has 0 aliphatic rings. The highest BCUT2D eigenvalue weighted by Gasteiger charge is 2.13. The zero-order valence-corrected chi connectivity index (χ0v) is 14.6. The van der Waals surface area contributed by atoms with Gasteiger partial charge in [-0.15, -0.1) is 0 Å². The summed E-state index contributed by atoms with van der Waals surface area (Å²) in [7, 11) is 1.28. The molecular formula is C19H20N2O5. The third-order valence-corrected chi connectivity index (χ3v) is 3.27. The van der Waals surface area contributed by atoms with Gasteiger partial charge in [0.2, 0.25) is 0 Å². The molecular weight excluding hydrogens is 336 g/mol. The lowest BCUT2D eigenvalue weighted by Crippen LogP contribution is -2.19. The third kappa shape index (κ3) is 5.62. The Balaban J connectivity index is 1.85. The van der Waals surface area contributed by atoms with Gasteiger partial charge in [0.15, 0.2) is 6.61 Å². The molecule has 2 aromatic rings. The van der Waals surface area contributed by atoms with Crippen molar-refractivity contribution in [1.82, 2.24) is 0 Å². The van der Waals surface area contributed by atoms with Gasteiger partial charge in [-0.05, 0) is 48.9 Å². The number of para-hydroxylation sites is 1. The molecule has 0 saturated carbocycles. The Morgan fingerprint density at radius 2 is 1.85 bits per heavy atom. The largest absolute Gasteiger partial charge is 0.494 e. The first kappa shape index (κ1) is 19.0. The molecule has 0 aliphatic carbocycles. The second-order valence-corrected chi connectivity index (χ2v) is 5.10. The number of amides is 1. The normalized spacial score (nSPS) is 10.4. The maximum atomic E-state index is 11.9. The van der Waals surface area contributed by atoms with Gasteiger partial charge in [-0.1, -0.05) is 17.3 Å². The van der Waals surface area contributed by atoms with Crippen LogP contribution in [0.15, 0.2) is 53.7 Å². The molecule has 0 saturated heterocycles. The molecule has 0 spiro atoms. The molecule has 0 bridgehead atoms. The van der Waals surface area contributed by atoms with Gasteiger partial charge in [0.25, 0.3) is 5.91 Å². The molecule has 26 heavy (non-hydrogen) atoms. The highest BCUT2D eigenvalue weighted by Crippen LogP contribution is 2.16. The summed E-state index contributed by atoms with van der Waals surface area (Å²) in [5, 5.41) is 6.35. The van der Waals surface area contributed by atoms with Crippen molar-refractivity contribution in [2.24, 2.45) is 5.16 Å². The highest BCUT2D eigenvalue weighted by molar-refractivity contribution is 6.01. The fourth-order valence-corrected chi connectivity index (χ4v) is 2.08. The third-order valence-electron chi connectivity index (χ3n) is 3.27. The Morgan fingerprint density at radius 1 is 1.12 bits per heavy atom. The van der Waals surface area contributed by atoms with Gasteiger partial charge in [0.1, 0.15) is 5.75 Å². The standard InChI is InChI=1S/C19H20N2O5/c1-3-25-15-10-8-14(9-11-15)12-20-26-13-18(22)21-17-7-5-4-6-16(17)19(23)24-2/h4-12H,3,13H2,1-2H3,(H,21,22)/b20-12-. The fraction of sp³-hybridized carbons (Fsp3) is 0.211. The van der Waals surface area contributed by atoms with Crippen molar-refractivity contribution in [3.05, 3.63) is 59.7 Å². The van der Waals surface area contributed by atoms with Crippen LogP contribution in [0.25, 0.3) is 0 Å². The number of hydrogen-bond donors (Lipinski definition) is 1. The van der Waals surface area contributed by atoms with E-state index in [1.807, 2.05) is 31.2 Å². The number of carbonyl (C=O) groups is 2. The van der Waals surface area contributed by atoms with E-state index in [1.54, 1.807) is 24.3 Å². The molecule has 0 aromatic heterocycles. The number of carbonyl (C=O) groups excluding carboxylic acids is 2. The van der Waals surface area contributed by atoms with Gasteiger partial charge in [-0.25, -0.2) is 4.79 Å².